The summed E-state index contributed by atoms with van der Waals surface area (Å²) in [6, 6.07) is 15.4. The highest BCUT2D eigenvalue weighted by molar-refractivity contribution is 6.04. The van der Waals surface area contributed by atoms with Crippen LogP contribution in [0.15, 0.2) is 48.5 Å². The van der Waals surface area contributed by atoms with Crippen molar-refractivity contribution in [1.82, 2.24) is 5.32 Å². The molecule has 1 aliphatic rings. The van der Waals surface area contributed by atoms with Crippen molar-refractivity contribution in [3.05, 3.63) is 65.2 Å². The number of amides is 1. The molecule has 2 N–H and O–H groups in total. The van der Waals surface area contributed by atoms with E-state index in [1.165, 1.54) is 0 Å². The maximum atomic E-state index is 12.2. The predicted molar refractivity (Wildman–Crippen MR) is 94.4 cm³/mol. The van der Waals surface area contributed by atoms with Crippen molar-refractivity contribution in [2.45, 2.75) is 13.0 Å². The number of carbonyl (C=O) groups is 1. The van der Waals surface area contributed by atoms with Gasteiger partial charge in [0.05, 0.1) is 12.7 Å². The molecule has 4 nitrogen and oxygen atoms in total. The number of benzene rings is 2. The molecule has 2 aromatic carbocycles. The van der Waals surface area contributed by atoms with Gasteiger partial charge < -0.3 is 15.4 Å². The third-order valence-corrected chi connectivity index (χ3v) is 3.78. The van der Waals surface area contributed by atoms with Gasteiger partial charge in [-0.3, -0.25) is 4.79 Å². The summed E-state index contributed by atoms with van der Waals surface area (Å²) in [6.45, 7) is 4.47. The fourth-order valence-electron chi connectivity index (χ4n) is 2.47. The van der Waals surface area contributed by atoms with Crippen molar-refractivity contribution in [2.75, 3.05) is 25.0 Å². The summed E-state index contributed by atoms with van der Waals surface area (Å²) < 4.78 is 5.72. The van der Waals surface area contributed by atoms with E-state index < -0.39 is 0 Å². The van der Waals surface area contributed by atoms with Gasteiger partial charge in [-0.25, -0.2) is 0 Å². The number of aryl methyl sites for hydroxylation is 1. The number of nitrogens with one attached hydrogen (secondary N) is 2. The summed E-state index contributed by atoms with van der Waals surface area (Å²) in [5.74, 6) is -0.0941. The summed E-state index contributed by atoms with van der Waals surface area (Å²) in [4.78, 5) is 12.2. The van der Waals surface area contributed by atoms with Crippen LogP contribution in [0.25, 0.3) is 0 Å². The minimum atomic E-state index is -0.0941. The second-order valence-corrected chi connectivity index (χ2v) is 5.51. The van der Waals surface area contributed by atoms with Crippen LogP contribution in [0.4, 0.5) is 5.69 Å². The molecule has 5 heteroatoms. The van der Waals surface area contributed by atoms with Crippen molar-refractivity contribution in [3.8, 4) is 0 Å². The molecule has 1 saturated heterocycles. The molecule has 1 heterocycles. The molecule has 1 aliphatic heterocycles. The van der Waals surface area contributed by atoms with Crippen LogP contribution in [-0.4, -0.2) is 25.6 Å². The molecular formula is C18H21ClN2O2. The molecule has 0 aromatic heterocycles. The third-order valence-electron chi connectivity index (χ3n) is 3.78. The normalized spacial score (nSPS) is 17.2. The van der Waals surface area contributed by atoms with Gasteiger partial charge in [-0.2, -0.15) is 0 Å². The SMILES string of the molecule is Cc1ccc(C(=O)Nc2ccc([C@H]3CNCCO3)cc2)cc1.Cl. The molecule has 0 unspecified atom stereocenters. The Kier molecular flexibility index (Phi) is 6.16. The van der Waals surface area contributed by atoms with E-state index in [1.807, 2.05) is 55.5 Å². The first-order valence-electron chi connectivity index (χ1n) is 7.53. The van der Waals surface area contributed by atoms with Crippen LogP contribution in [0, 0.1) is 6.92 Å². The van der Waals surface area contributed by atoms with Crippen LogP contribution in [0.1, 0.15) is 27.6 Å². The molecule has 1 fully saturated rings. The van der Waals surface area contributed by atoms with E-state index in [0.717, 1.165) is 36.5 Å². The highest BCUT2D eigenvalue weighted by Gasteiger charge is 2.15. The first kappa shape index (κ1) is 17.5. The van der Waals surface area contributed by atoms with Crippen LogP contribution in [-0.2, 0) is 4.74 Å². The summed E-state index contributed by atoms with van der Waals surface area (Å²) in [5, 5.41) is 6.22. The summed E-state index contributed by atoms with van der Waals surface area (Å²) in [6.07, 6.45) is 0.0931. The second-order valence-electron chi connectivity index (χ2n) is 5.51. The van der Waals surface area contributed by atoms with E-state index >= 15 is 0 Å². The first-order valence-corrected chi connectivity index (χ1v) is 7.53. The minimum Gasteiger partial charge on any atom is -0.371 e. The van der Waals surface area contributed by atoms with Crippen LogP contribution in [0.2, 0.25) is 0 Å². The zero-order chi connectivity index (χ0) is 15.4. The lowest BCUT2D eigenvalue weighted by molar-refractivity contribution is 0.0277. The molecular weight excluding hydrogens is 312 g/mol. The van der Waals surface area contributed by atoms with E-state index in [1.54, 1.807) is 0 Å². The molecule has 1 amide bonds. The molecule has 0 spiro atoms. The molecule has 0 aliphatic carbocycles. The smallest absolute Gasteiger partial charge is 0.255 e. The minimum absolute atomic E-state index is 0. The van der Waals surface area contributed by atoms with Crippen molar-refractivity contribution >= 4 is 24.0 Å². The number of morpholine rings is 1. The van der Waals surface area contributed by atoms with Crippen LogP contribution < -0.4 is 10.6 Å². The Hall–Kier alpha value is -1.88. The van der Waals surface area contributed by atoms with Gasteiger partial charge in [-0.05, 0) is 36.8 Å². The summed E-state index contributed by atoms with van der Waals surface area (Å²) >= 11 is 0. The lowest BCUT2D eigenvalue weighted by Gasteiger charge is -2.24. The van der Waals surface area contributed by atoms with E-state index in [0.29, 0.717) is 5.56 Å². The van der Waals surface area contributed by atoms with E-state index in [2.05, 4.69) is 10.6 Å². The van der Waals surface area contributed by atoms with Crippen molar-refractivity contribution in [1.29, 1.82) is 0 Å². The molecule has 2 aromatic rings. The molecule has 23 heavy (non-hydrogen) atoms. The Morgan fingerprint density at radius 1 is 1.13 bits per heavy atom. The van der Waals surface area contributed by atoms with Gasteiger partial charge >= 0.3 is 0 Å². The molecule has 0 radical (unpaired) electrons. The van der Waals surface area contributed by atoms with Crippen LogP contribution >= 0.6 is 12.4 Å². The molecule has 0 saturated carbocycles. The fraction of sp³-hybridized carbons (Fsp3) is 0.278. The van der Waals surface area contributed by atoms with Crippen LogP contribution in [0.5, 0.6) is 0 Å². The number of anilines is 1. The largest absolute Gasteiger partial charge is 0.371 e. The molecule has 0 bridgehead atoms. The highest BCUT2D eigenvalue weighted by atomic mass is 35.5. The second kappa shape index (κ2) is 8.11. The average molecular weight is 333 g/mol. The van der Waals surface area contributed by atoms with Gasteiger partial charge in [0.2, 0.25) is 0 Å². The predicted octanol–water partition coefficient (Wildman–Crippen LogP) is 3.33. The Morgan fingerprint density at radius 2 is 1.83 bits per heavy atom. The Bertz CT molecular complexity index is 635. The zero-order valence-electron chi connectivity index (χ0n) is 13.0. The number of ether oxygens (including phenoxy) is 1. The zero-order valence-corrected chi connectivity index (χ0v) is 13.9. The van der Waals surface area contributed by atoms with Gasteiger partial charge in [-0.15, -0.1) is 12.4 Å². The monoisotopic (exact) mass is 332 g/mol. The quantitative estimate of drug-likeness (QED) is 0.906. The molecule has 3 rings (SSSR count). The maximum absolute atomic E-state index is 12.2. The Morgan fingerprint density at radius 3 is 2.43 bits per heavy atom. The van der Waals surface area contributed by atoms with Crippen molar-refractivity contribution < 1.29 is 9.53 Å². The summed E-state index contributed by atoms with van der Waals surface area (Å²) in [5.41, 5.74) is 3.72. The highest BCUT2D eigenvalue weighted by Crippen LogP contribution is 2.21. The van der Waals surface area contributed by atoms with Crippen molar-refractivity contribution in [3.63, 3.8) is 0 Å². The van der Waals surface area contributed by atoms with E-state index in [-0.39, 0.29) is 24.4 Å². The number of hydrogen-bond donors (Lipinski definition) is 2. The van der Waals surface area contributed by atoms with Gasteiger partial charge in [-0.1, -0.05) is 29.8 Å². The number of hydrogen-bond acceptors (Lipinski definition) is 3. The Balaban J connectivity index is 0.00000192. The van der Waals surface area contributed by atoms with E-state index in [4.69, 9.17) is 4.74 Å². The first-order chi connectivity index (χ1) is 10.7. The number of rotatable bonds is 3. The number of halogens is 1. The van der Waals surface area contributed by atoms with Gasteiger partial charge in [0, 0.05) is 24.3 Å². The van der Waals surface area contributed by atoms with Crippen molar-refractivity contribution in [2.24, 2.45) is 0 Å². The van der Waals surface area contributed by atoms with E-state index in [9.17, 15) is 4.79 Å². The van der Waals surface area contributed by atoms with Gasteiger partial charge in [0.15, 0.2) is 0 Å². The number of carbonyl (C=O) groups excluding carboxylic acids is 1. The lowest BCUT2D eigenvalue weighted by Crippen LogP contribution is -2.33. The topological polar surface area (TPSA) is 50.4 Å². The molecule has 122 valence electrons. The summed E-state index contributed by atoms with van der Waals surface area (Å²) in [7, 11) is 0. The van der Waals surface area contributed by atoms with Crippen LogP contribution in [0.3, 0.4) is 0 Å². The maximum Gasteiger partial charge on any atom is 0.255 e. The Labute approximate surface area is 142 Å². The molecule has 1 atom stereocenters. The van der Waals surface area contributed by atoms with Gasteiger partial charge in [0.25, 0.3) is 5.91 Å². The fourth-order valence-corrected chi connectivity index (χ4v) is 2.47. The third kappa shape index (κ3) is 4.55. The standard InChI is InChI=1S/C18H20N2O2.ClH/c1-13-2-4-15(5-3-13)18(21)20-16-8-6-14(7-9-16)17-12-19-10-11-22-17;/h2-9,17,19H,10-12H2,1H3,(H,20,21);1H/t17-;/m1./s1. The van der Waals surface area contributed by atoms with Gasteiger partial charge in [0.1, 0.15) is 0 Å². The average Bonchev–Trinajstić information content (AvgIpc) is 2.57. The lowest BCUT2D eigenvalue weighted by atomic mass is 10.1.